The monoisotopic (exact) mass is 266 g/mol. The van der Waals surface area contributed by atoms with Gasteiger partial charge in [0.25, 0.3) is 0 Å². The largest absolute Gasteiger partial charge is 0.357 e. The van der Waals surface area contributed by atoms with E-state index in [0.29, 0.717) is 5.88 Å². The Kier molecular flexibility index (Phi) is 4.87. The zero-order valence-electron chi connectivity index (χ0n) is 11.5. The summed E-state index contributed by atoms with van der Waals surface area (Å²) in [6.45, 7) is 6.79. The van der Waals surface area contributed by atoms with Crippen LogP contribution in [-0.4, -0.2) is 18.1 Å². The van der Waals surface area contributed by atoms with Gasteiger partial charge in [-0.15, -0.1) is 11.6 Å². The van der Waals surface area contributed by atoms with Crippen molar-refractivity contribution in [2.24, 2.45) is 5.92 Å². The van der Waals surface area contributed by atoms with Crippen LogP contribution in [0.5, 0.6) is 0 Å². The van der Waals surface area contributed by atoms with Crippen molar-refractivity contribution in [3.63, 3.8) is 0 Å². The molecular formula is C15H23ClN2. The number of piperidine rings is 1. The highest BCUT2D eigenvalue weighted by Crippen LogP contribution is 2.23. The van der Waals surface area contributed by atoms with Crippen LogP contribution in [0.4, 0.5) is 5.82 Å². The normalized spacial score (nSPS) is 17.2. The molecule has 0 amide bonds. The van der Waals surface area contributed by atoms with Gasteiger partial charge in [0.05, 0.1) is 0 Å². The Balaban J connectivity index is 2.17. The number of aromatic nitrogens is 1. The Labute approximate surface area is 115 Å². The Bertz CT molecular complexity index is 384. The molecule has 0 aliphatic carbocycles. The van der Waals surface area contributed by atoms with Gasteiger partial charge in [-0.2, -0.15) is 0 Å². The first-order valence-electron chi connectivity index (χ1n) is 7.03. The first kappa shape index (κ1) is 13.7. The van der Waals surface area contributed by atoms with E-state index in [0.717, 1.165) is 37.7 Å². The lowest BCUT2D eigenvalue weighted by atomic mass is 9.99. The number of pyridine rings is 1. The molecule has 0 saturated carbocycles. The van der Waals surface area contributed by atoms with Gasteiger partial charge in [0.15, 0.2) is 0 Å². The van der Waals surface area contributed by atoms with Gasteiger partial charge < -0.3 is 4.90 Å². The summed E-state index contributed by atoms with van der Waals surface area (Å²) >= 11 is 5.99. The molecule has 2 heterocycles. The first-order valence-corrected chi connectivity index (χ1v) is 7.57. The molecule has 0 bridgehead atoms. The van der Waals surface area contributed by atoms with E-state index in [-0.39, 0.29) is 0 Å². The molecule has 0 unspecified atom stereocenters. The third-order valence-corrected chi connectivity index (χ3v) is 4.00. The minimum atomic E-state index is 0.580. The predicted molar refractivity (Wildman–Crippen MR) is 78.4 cm³/mol. The van der Waals surface area contributed by atoms with Crippen LogP contribution >= 0.6 is 11.6 Å². The van der Waals surface area contributed by atoms with Crippen molar-refractivity contribution in [3.8, 4) is 0 Å². The summed E-state index contributed by atoms with van der Waals surface area (Å²) in [7, 11) is 0. The maximum absolute atomic E-state index is 5.99. The number of hydrogen-bond donors (Lipinski definition) is 0. The molecule has 0 spiro atoms. The fourth-order valence-corrected chi connectivity index (χ4v) is 2.65. The number of hydrogen-bond acceptors (Lipinski definition) is 2. The number of aryl methyl sites for hydroxylation is 1. The Morgan fingerprint density at radius 2 is 2.06 bits per heavy atom. The molecule has 18 heavy (non-hydrogen) atoms. The highest BCUT2D eigenvalue weighted by molar-refractivity contribution is 6.17. The van der Waals surface area contributed by atoms with Gasteiger partial charge in [0, 0.05) is 24.7 Å². The second-order valence-electron chi connectivity index (χ2n) is 5.38. The quantitative estimate of drug-likeness (QED) is 0.766. The second-order valence-corrected chi connectivity index (χ2v) is 5.65. The highest BCUT2D eigenvalue weighted by atomic mass is 35.5. The molecule has 3 heteroatoms. The third-order valence-electron chi connectivity index (χ3n) is 3.69. The first-order chi connectivity index (χ1) is 8.72. The molecular weight excluding hydrogens is 244 g/mol. The van der Waals surface area contributed by atoms with Gasteiger partial charge in [-0.25, -0.2) is 4.98 Å². The van der Waals surface area contributed by atoms with Crippen molar-refractivity contribution >= 4 is 17.4 Å². The SMILES string of the molecule is CCCc1cc(CCl)cc(N2CCC(C)CC2)n1. The number of nitrogens with zero attached hydrogens (tertiary/aromatic N) is 2. The lowest BCUT2D eigenvalue weighted by Gasteiger charge is -2.31. The van der Waals surface area contributed by atoms with Gasteiger partial charge in [-0.1, -0.05) is 20.3 Å². The highest BCUT2D eigenvalue weighted by Gasteiger charge is 2.17. The van der Waals surface area contributed by atoms with Gasteiger partial charge in [0.1, 0.15) is 5.82 Å². The summed E-state index contributed by atoms with van der Waals surface area (Å²) in [4.78, 5) is 7.20. The predicted octanol–water partition coefficient (Wildman–Crippen LogP) is 4.01. The maximum atomic E-state index is 5.99. The lowest BCUT2D eigenvalue weighted by Crippen LogP contribution is -2.33. The fraction of sp³-hybridized carbons (Fsp3) is 0.667. The molecule has 2 nitrogen and oxygen atoms in total. The van der Waals surface area contributed by atoms with E-state index in [1.807, 2.05) is 0 Å². The smallest absolute Gasteiger partial charge is 0.129 e. The van der Waals surface area contributed by atoms with Gasteiger partial charge >= 0.3 is 0 Å². The van der Waals surface area contributed by atoms with E-state index in [2.05, 4.69) is 30.9 Å². The van der Waals surface area contributed by atoms with Crippen molar-refractivity contribution in [3.05, 3.63) is 23.4 Å². The second kappa shape index (κ2) is 6.42. The molecule has 0 atom stereocenters. The number of alkyl halides is 1. The molecule has 100 valence electrons. The topological polar surface area (TPSA) is 16.1 Å². The van der Waals surface area contributed by atoms with Crippen molar-refractivity contribution in [2.45, 2.75) is 45.4 Å². The van der Waals surface area contributed by atoms with Gasteiger partial charge in [0.2, 0.25) is 0 Å². The standard InChI is InChI=1S/C15H23ClN2/c1-3-4-14-9-13(11-16)10-15(17-14)18-7-5-12(2)6-8-18/h9-10,12H,3-8,11H2,1-2H3. The van der Waals surface area contributed by atoms with Crippen LogP contribution in [0.1, 0.15) is 44.4 Å². The summed E-state index contributed by atoms with van der Waals surface area (Å²) in [6.07, 6.45) is 4.73. The summed E-state index contributed by atoms with van der Waals surface area (Å²) in [5.41, 5.74) is 2.38. The number of halogens is 1. The van der Waals surface area contributed by atoms with Crippen LogP contribution in [0.15, 0.2) is 12.1 Å². The minimum Gasteiger partial charge on any atom is -0.357 e. The summed E-state index contributed by atoms with van der Waals surface area (Å²) in [5.74, 6) is 2.56. The Morgan fingerprint density at radius 1 is 1.33 bits per heavy atom. The maximum Gasteiger partial charge on any atom is 0.129 e. The van der Waals surface area contributed by atoms with Crippen LogP contribution in [0.2, 0.25) is 0 Å². The molecule has 2 rings (SSSR count). The third kappa shape index (κ3) is 3.38. The molecule has 0 aromatic carbocycles. The van der Waals surface area contributed by atoms with Crippen molar-refractivity contribution in [2.75, 3.05) is 18.0 Å². The summed E-state index contributed by atoms with van der Waals surface area (Å²) in [6, 6.07) is 4.30. The molecule has 1 saturated heterocycles. The molecule has 1 fully saturated rings. The van der Waals surface area contributed by atoms with Crippen LogP contribution in [0.3, 0.4) is 0 Å². The van der Waals surface area contributed by atoms with Crippen molar-refractivity contribution in [1.29, 1.82) is 0 Å². The van der Waals surface area contributed by atoms with Crippen LogP contribution in [-0.2, 0) is 12.3 Å². The minimum absolute atomic E-state index is 0.580. The fourth-order valence-electron chi connectivity index (χ4n) is 2.49. The van der Waals surface area contributed by atoms with Crippen LogP contribution < -0.4 is 4.90 Å². The Hall–Kier alpha value is -0.760. The molecule has 1 aliphatic heterocycles. The molecule has 1 aliphatic rings. The van der Waals surface area contributed by atoms with Crippen LogP contribution in [0.25, 0.3) is 0 Å². The van der Waals surface area contributed by atoms with E-state index >= 15 is 0 Å². The van der Waals surface area contributed by atoms with Crippen molar-refractivity contribution in [1.82, 2.24) is 4.98 Å². The van der Waals surface area contributed by atoms with E-state index in [4.69, 9.17) is 16.6 Å². The molecule has 0 radical (unpaired) electrons. The molecule has 1 aromatic heterocycles. The summed E-state index contributed by atoms with van der Waals surface area (Å²) in [5, 5.41) is 0. The number of rotatable bonds is 4. The Morgan fingerprint density at radius 3 is 2.67 bits per heavy atom. The van der Waals surface area contributed by atoms with E-state index in [1.54, 1.807) is 0 Å². The molecule has 1 aromatic rings. The van der Waals surface area contributed by atoms with Gasteiger partial charge in [-0.05, 0) is 42.9 Å². The number of anilines is 1. The summed E-state index contributed by atoms with van der Waals surface area (Å²) < 4.78 is 0. The van der Waals surface area contributed by atoms with Gasteiger partial charge in [-0.3, -0.25) is 0 Å². The van der Waals surface area contributed by atoms with E-state index < -0.39 is 0 Å². The average molecular weight is 267 g/mol. The van der Waals surface area contributed by atoms with E-state index in [9.17, 15) is 0 Å². The van der Waals surface area contributed by atoms with Crippen LogP contribution in [0, 0.1) is 5.92 Å². The van der Waals surface area contributed by atoms with Crippen molar-refractivity contribution < 1.29 is 0 Å². The zero-order valence-corrected chi connectivity index (χ0v) is 12.2. The van der Waals surface area contributed by atoms with E-state index in [1.165, 1.54) is 24.1 Å². The molecule has 0 N–H and O–H groups in total. The average Bonchev–Trinajstić information content (AvgIpc) is 2.39. The zero-order chi connectivity index (χ0) is 13.0. The lowest BCUT2D eigenvalue weighted by molar-refractivity contribution is 0.436.